The van der Waals surface area contributed by atoms with Crippen LogP contribution in [-0.4, -0.2) is 9.55 Å². The molecule has 21 heavy (non-hydrogen) atoms. The van der Waals surface area contributed by atoms with Crippen molar-refractivity contribution in [3.8, 4) is 5.69 Å². The Labute approximate surface area is 120 Å². The van der Waals surface area contributed by atoms with Crippen LogP contribution in [0.2, 0.25) is 0 Å². The second-order valence-corrected chi connectivity index (χ2v) is 5.88. The molecule has 2 heterocycles. The number of benzene rings is 2. The Morgan fingerprint density at radius 3 is 2.71 bits per heavy atom. The SMILES string of the molecule is CC1(C)c2cc(F)ccc2-n2c1nc1ccccc1c2=O. The molecule has 0 spiro atoms. The van der Waals surface area contributed by atoms with Crippen molar-refractivity contribution in [3.05, 3.63) is 70.0 Å². The quantitative estimate of drug-likeness (QED) is 0.634. The molecule has 3 nitrogen and oxygen atoms in total. The zero-order chi connectivity index (χ0) is 14.8. The maximum atomic E-state index is 13.6. The Kier molecular flexibility index (Phi) is 2.21. The fourth-order valence-corrected chi connectivity index (χ4v) is 3.10. The molecule has 1 aliphatic heterocycles. The van der Waals surface area contributed by atoms with E-state index in [1.54, 1.807) is 16.7 Å². The van der Waals surface area contributed by atoms with Gasteiger partial charge in [0.1, 0.15) is 11.6 Å². The maximum absolute atomic E-state index is 13.6. The summed E-state index contributed by atoms with van der Waals surface area (Å²) >= 11 is 0. The minimum Gasteiger partial charge on any atom is -0.268 e. The third-order valence-corrected chi connectivity index (χ3v) is 4.21. The van der Waals surface area contributed by atoms with Gasteiger partial charge in [-0.15, -0.1) is 0 Å². The van der Waals surface area contributed by atoms with Crippen LogP contribution in [0.4, 0.5) is 4.39 Å². The van der Waals surface area contributed by atoms with E-state index in [1.165, 1.54) is 12.1 Å². The van der Waals surface area contributed by atoms with Crippen LogP contribution in [0.15, 0.2) is 47.3 Å². The Morgan fingerprint density at radius 2 is 1.90 bits per heavy atom. The largest absolute Gasteiger partial charge is 0.268 e. The monoisotopic (exact) mass is 280 g/mol. The first-order chi connectivity index (χ1) is 10.00. The van der Waals surface area contributed by atoms with E-state index in [0.29, 0.717) is 16.7 Å². The Hall–Kier alpha value is -2.49. The van der Waals surface area contributed by atoms with Crippen molar-refractivity contribution in [1.29, 1.82) is 0 Å². The van der Waals surface area contributed by atoms with Gasteiger partial charge in [-0.1, -0.05) is 12.1 Å². The lowest BCUT2D eigenvalue weighted by atomic mass is 9.85. The first-order valence-corrected chi connectivity index (χ1v) is 6.83. The molecule has 0 aliphatic carbocycles. The number of halogens is 1. The number of aromatic nitrogens is 2. The van der Waals surface area contributed by atoms with Gasteiger partial charge >= 0.3 is 0 Å². The Morgan fingerprint density at radius 1 is 1.14 bits per heavy atom. The first-order valence-electron chi connectivity index (χ1n) is 6.83. The molecule has 0 unspecified atom stereocenters. The van der Waals surface area contributed by atoms with Crippen molar-refractivity contribution < 1.29 is 4.39 Å². The van der Waals surface area contributed by atoms with E-state index in [1.807, 2.05) is 32.0 Å². The maximum Gasteiger partial charge on any atom is 0.266 e. The number of fused-ring (bicyclic) bond motifs is 4. The number of rotatable bonds is 0. The van der Waals surface area contributed by atoms with Gasteiger partial charge in [-0.3, -0.25) is 9.36 Å². The molecule has 1 aliphatic rings. The number of para-hydroxylation sites is 1. The fraction of sp³-hybridized carbons (Fsp3) is 0.176. The minimum absolute atomic E-state index is 0.103. The van der Waals surface area contributed by atoms with Crippen LogP contribution in [0.25, 0.3) is 16.6 Å². The van der Waals surface area contributed by atoms with Crippen molar-refractivity contribution in [2.24, 2.45) is 0 Å². The van der Waals surface area contributed by atoms with Crippen LogP contribution in [0.5, 0.6) is 0 Å². The minimum atomic E-state index is -0.499. The highest BCUT2D eigenvalue weighted by Crippen LogP contribution is 2.41. The molecule has 0 amide bonds. The van der Waals surface area contributed by atoms with E-state index in [4.69, 9.17) is 0 Å². The van der Waals surface area contributed by atoms with E-state index in [0.717, 1.165) is 11.3 Å². The molecule has 2 aromatic carbocycles. The summed E-state index contributed by atoms with van der Waals surface area (Å²) in [5.74, 6) is 0.360. The van der Waals surface area contributed by atoms with Crippen molar-refractivity contribution in [3.63, 3.8) is 0 Å². The molecule has 0 bridgehead atoms. The third-order valence-electron chi connectivity index (χ3n) is 4.21. The van der Waals surface area contributed by atoms with Crippen LogP contribution in [0.3, 0.4) is 0 Å². The van der Waals surface area contributed by atoms with Crippen molar-refractivity contribution in [1.82, 2.24) is 9.55 Å². The molecule has 4 heteroatoms. The molecule has 104 valence electrons. The third kappa shape index (κ3) is 1.47. The van der Waals surface area contributed by atoms with Crippen molar-refractivity contribution in [2.45, 2.75) is 19.3 Å². The molecular weight excluding hydrogens is 267 g/mol. The fourth-order valence-electron chi connectivity index (χ4n) is 3.10. The molecule has 3 aromatic rings. The number of hydrogen-bond donors (Lipinski definition) is 0. The highest BCUT2D eigenvalue weighted by Gasteiger charge is 2.38. The zero-order valence-corrected chi connectivity index (χ0v) is 11.7. The van der Waals surface area contributed by atoms with Gasteiger partial charge in [0.25, 0.3) is 5.56 Å². The molecule has 1 aromatic heterocycles. The van der Waals surface area contributed by atoms with Crippen molar-refractivity contribution in [2.75, 3.05) is 0 Å². The summed E-state index contributed by atoms with van der Waals surface area (Å²) in [6.07, 6.45) is 0. The normalized spacial score (nSPS) is 15.0. The molecule has 4 rings (SSSR count). The second-order valence-electron chi connectivity index (χ2n) is 5.88. The average molecular weight is 280 g/mol. The van der Waals surface area contributed by atoms with Crippen LogP contribution in [0, 0.1) is 5.82 Å². The van der Waals surface area contributed by atoms with Gasteiger partial charge < -0.3 is 0 Å². The van der Waals surface area contributed by atoms with Crippen LogP contribution >= 0.6 is 0 Å². The van der Waals surface area contributed by atoms with E-state index < -0.39 is 5.41 Å². The topological polar surface area (TPSA) is 34.9 Å². The van der Waals surface area contributed by atoms with Crippen LogP contribution < -0.4 is 5.56 Å². The molecule has 0 atom stereocenters. The predicted octanol–water partition coefficient (Wildman–Crippen LogP) is 3.16. The highest BCUT2D eigenvalue weighted by molar-refractivity contribution is 5.79. The van der Waals surface area contributed by atoms with Gasteiger partial charge in [0.05, 0.1) is 22.0 Å². The summed E-state index contributed by atoms with van der Waals surface area (Å²) in [7, 11) is 0. The summed E-state index contributed by atoms with van der Waals surface area (Å²) in [6, 6.07) is 11.8. The molecular formula is C17H13FN2O. The zero-order valence-electron chi connectivity index (χ0n) is 11.7. The summed E-state index contributed by atoms with van der Waals surface area (Å²) in [6.45, 7) is 3.93. The first kappa shape index (κ1) is 12.3. The van der Waals surface area contributed by atoms with Crippen LogP contribution in [0.1, 0.15) is 25.2 Å². The molecule has 0 saturated carbocycles. The van der Waals surface area contributed by atoms with Gasteiger partial charge in [-0.05, 0) is 49.7 Å². The Bertz CT molecular complexity index is 957. The van der Waals surface area contributed by atoms with Crippen molar-refractivity contribution >= 4 is 10.9 Å². The lowest BCUT2D eigenvalue weighted by molar-refractivity contribution is 0.593. The predicted molar refractivity (Wildman–Crippen MR) is 79.4 cm³/mol. The summed E-state index contributed by atoms with van der Waals surface area (Å²) in [5.41, 5.74) is 1.59. The molecule has 0 saturated heterocycles. The van der Waals surface area contributed by atoms with E-state index in [9.17, 15) is 9.18 Å². The lowest BCUT2D eigenvalue weighted by Gasteiger charge is -2.18. The summed E-state index contributed by atoms with van der Waals surface area (Å²) in [4.78, 5) is 17.4. The van der Waals surface area contributed by atoms with E-state index >= 15 is 0 Å². The number of hydrogen-bond acceptors (Lipinski definition) is 2. The van der Waals surface area contributed by atoms with Gasteiger partial charge in [0.15, 0.2) is 0 Å². The summed E-state index contributed by atoms with van der Waals surface area (Å²) < 4.78 is 15.2. The van der Waals surface area contributed by atoms with E-state index in [-0.39, 0.29) is 11.4 Å². The van der Waals surface area contributed by atoms with Crippen LogP contribution in [-0.2, 0) is 5.41 Å². The number of nitrogens with zero attached hydrogens (tertiary/aromatic N) is 2. The van der Waals surface area contributed by atoms with Gasteiger partial charge in [0.2, 0.25) is 0 Å². The molecule has 0 radical (unpaired) electrons. The molecule has 0 fully saturated rings. The average Bonchev–Trinajstić information content (AvgIpc) is 2.68. The highest BCUT2D eigenvalue weighted by atomic mass is 19.1. The van der Waals surface area contributed by atoms with Gasteiger partial charge in [0, 0.05) is 0 Å². The van der Waals surface area contributed by atoms with E-state index in [2.05, 4.69) is 4.98 Å². The Balaban J connectivity index is 2.21. The smallest absolute Gasteiger partial charge is 0.266 e. The molecule has 0 N–H and O–H groups in total. The van der Waals surface area contributed by atoms with Gasteiger partial charge in [-0.25, -0.2) is 9.37 Å². The lowest BCUT2D eigenvalue weighted by Crippen LogP contribution is -2.25. The second kappa shape index (κ2) is 3.79. The summed E-state index contributed by atoms with van der Waals surface area (Å²) in [5, 5.41) is 0.578. The van der Waals surface area contributed by atoms with Gasteiger partial charge in [-0.2, -0.15) is 0 Å². The standard InChI is InChI=1S/C17H13FN2O/c1-17(2)12-9-10(18)7-8-14(12)20-15(21)11-5-3-4-6-13(11)19-16(17)20/h3-9H,1-2H3.